The van der Waals surface area contributed by atoms with Gasteiger partial charge in [-0.3, -0.25) is 4.79 Å². The van der Waals surface area contributed by atoms with E-state index in [-0.39, 0.29) is 36.1 Å². The Balaban J connectivity index is 1.42. The molecule has 1 aliphatic heterocycles. The second kappa shape index (κ2) is 8.14. The number of carbonyl (C=O) groups is 2. The maximum Gasteiger partial charge on any atom is 0.348 e. The number of rotatable bonds is 5. The third kappa shape index (κ3) is 4.27. The maximum absolute atomic E-state index is 13.0. The van der Waals surface area contributed by atoms with Gasteiger partial charge in [0.15, 0.2) is 16.4 Å². The number of amides is 1. The van der Waals surface area contributed by atoms with Crippen molar-refractivity contribution < 1.29 is 22.7 Å². The molecule has 1 aromatic rings. The zero-order valence-electron chi connectivity index (χ0n) is 16.0. The Morgan fingerprint density at radius 2 is 1.86 bits per heavy atom. The van der Waals surface area contributed by atoms with Crippen LogP contribution in [0.2, 0.25) is 0 Å². The van der Waals surface area contributed by atoms with E-state index in [1.807, 2.05) is 6.07 Å². The fraction of sp³-hybridized carbons (Fsp3) is 0.700. The number of fused-ring (bicyclic) bond motifs is 1. The number of aryl methyl sites for hydroxylation is 2. The SMILES string of the molecule is O=C(OCC(=O)N(C1CCCCC1)[C@H]1CCS(=O)(=O)C1)c1cc2c(s1)CCC2. The molecule has 2 fully saturated rings. The van der Waals surface area contributed by atoms with E-state index >= 15 is 0 Å². The summed E-state index contributed by atoms with van der Waals surface area (Å²) in [5, 5.41) is 0. The first-order valence-electron chi connectivity index (χ1n) is 10.2. The Hall–Kier alpha value is -1.41. The van der Waals surface area contributed by atoms with Gasteiger partial charge in [-0.1, -0.05) is 19.3 Å². The quantitative estimate of drug-likeness (QED) is 0.678. The molecule has 0 radical (unpaired) electrons. The molecule has 8 heteroatoms. The number of ether oxygens (including phenoxy) is 1. The molecule has 0 bridgehead atoms. The molecule has 154 valence electrons. The molecule has 3 aliphatic rings. The van der Waals surface area contributed by atoms with Crippen molar-refractivity contribution in [3.05, 3.63) is 21.4 Å². The number of esters is 1. The van der Waals surface area contributed by atoms with Gasteiger partial charge in [0, 0.05) is 17.0 Å². The first-order valence-corrected chi connectivity index (χ1v) is 12.9. The third-order valence-electron chi connectivity index (χ3n) is 6.13. The van der Waals surface area contributed by atoms with E-state index in [0.29, 0.717) is 11.3 Å². The summed E-state index contributed by atoms with van der Waals surface area (Å²) in [6.07, 6.45) is 8.68. The van der Waals surface area contributed by atoms with Crippen LogP contribution in [-0.4, -0.2) is 55.4 Å². The number of thiophene rings is 1. The van der Waals surface area contributed by atoms with Gasteiger partial charge in [0.1, 0.15) is 4.88 Å². The normalized spacial score (nSPS) is 24.1. The topological polar surface area (TPSA) is 80.8 Å². The minimum absolute atomic E-state index is 0.0286. The molecule has 1 saturated carbocycles. The molecule has 1 saturated heterocycles. The standard InChI is InChI=1S/C20H27NO5S2/c22-19(12-26-20(23)18-11-14-5-4-8-17(14)27-18)21(15-6-2-1-3-7-15)16-9-10-28(24,25)13-16/h11,15-16H,1-10,12-13H2/t16-/m0/s1. The predicted octanol–water partition coefficient (Wildman–Crippen LogP) is 2.74. The van der Waals surface area contributed by atoms with Crippen LogP contribution in [0.15, 0.2) is 6.07 Å². The van der Waals surface area contributed by atoms with Gasteiger partial charge in [-0.25, -0.2) is 13.2 Å². The van der Waals surface area contributed by atoms with Crippen molar-refractivity contribution in [3.63, 3.8) is 0 Å². The van der Waals surface area contributed by atoms with Crippen LogP contribution in [0, 0.1) is 0 Å². The van der Waals surface area contributed by atoms with Crippen molar-refractivity contribution in [2.45, 2.75) is 69.9 Å². The maximum atomic E-state index is 13.0. The van der Waals surface area contributed by atoms with E-state index in [1.54, 1.807) is 4.90 Å². The van der Waals surface area contributed by atoms with Gasteiger partial charge in [0.25, 0.3) is 5.91 Å². The summed E-state index contributed by atoms with van der Waals surface area (Å²) in [6, 6.07) is 1.66. The largest absolute Gasteiger partial charge is 0.451 e. The second-order valence-electron chi connectivity index (χ2n) is 8.14. The fourth-order valence-electron chi connectivity index (χ4n) is 4.76. The van der Waals surface area contributed by atoms with Crippen molar-refractivity contribution >= 4 is 33.1 Å². The molecule has 6 nitrogen and oxygen atoms in total. The summed E-state index contributed by atoms with van der Waals surface area (Å²) in [4.78, 5) is 28.9. The number of hydrogen-bond donors (Lipinski definition) is 0. The summed E-state index contributed by atoms with van der Waals surface area (Å²) in [6.45, 7) is -0.311. The van der Waals surface area contributed by atoms with Crippen LogP contribution in [0.4, 0.5) is 0 Å². The Labute approximate surface area is 170 Å². The van der Waals surface area contributed by atoms with Crippen molar-refractivity contribution in [1.82, 2.24) is 4.90 Å². The van der Waals surface area contributed by atoms with Crippen LogP contribution in [0.5, 0.6) is 0 Å². The van der Waals surface area contributed by atoms with Crippen LogP contribution in [-0.2, 0) is 32.2 Å². The first-order chi connectivity index (χ1) is 13.4. The second-order valence-corrected chi connectivity index (χ2v) is 11.5. The molecule has 1 atom stereocenters. The molecule has 1 amide bonds. The first kappa shape index (κ1) is 19.9. The highest BCUT2D eigenvalue weighted by atomic mass is 32.2. The molecular formula is C20H27NO5S2. The lowest BCUT2D eigenvalue weighted by Gasteiger charge is -2.38. The van der Waals surface area contributed by atoms with Crippen LogP contribution >= 0.6 is 11.3 Å². The lowest BCUT2D eigenvalue weighted by molar-refractivity contribution is -0.139. The minimum atomic E-state index is -3.09. The highest BCUT2D eigenvalue weighted by Gasteiger charge is 2.38. The number of nitrogens with zero attached hydrogens (tertiary/aromatic N) is 1. The average molecular weight is 426 g/mol. The van der Waals surface area contributed by atoms with Crippen molar-refractivity contribution in [2.75, 3.05) is 18.1 Å². The van der Waals surface area contributed by atoms with E-state index in [2.05, 4.69) is 0 Å². The zero-order valence-corrected chi connectivity index (χ0v) is 17.7. The molecule has 28 heavy (non-hydrogen) atoms. The summed E-state index contributed by atoms with van der Waals surface area (Å²) >= 11 is 1.46. The molecule has 0 aromatic carbocycles. The molecule has 1 aromatic heterocycles. The number of hydrogen-bond acceptors (Lipinski definition) is 6. The lowest BCUT2D eigenvalue weighted by atomic mass is 9.93. The molecule has 0 spiro atoms. The van der Waals surface area contributed by atoms with E-state index in [4.69, 9.17) is 4.74 Å². The third-order valence-corrected chi connectivity index (χ3v) is 9.10. The van der Waals surface area contributed by atoms with Crippen LogP contribution in [0.1, 0.15) is 65.1 Å². The van der Waals surface area contributed by atoms with E-state index in [1.165, 1.54) is 21.8 Å². The van der Waals surface area contributed by atoms with E-state index in [9.17, 15) is 18.0 Å². The van der Waals surface area contributed by atoms with Gasteiger partial charge in [-0.2, -0.15) is 0 Å². The fourth-order valence-corrected chi connectivity index (χ4v) is 7.62. The van der Waals surface area contributed by atoms with Crippen molar-refractivity contribution in [1.29, 1.82) is 0 Å². The molecule has 2 heterocycles. The summed E-state index contributed by atoms with van der Waals surface area (Å²) in [5.41, 5.74) is 1.23. The highest BCUT2D eigenvalue weighted by Crippen LogP contribution is 2.31. The predicted molar refractivity (Wildman–Crippen MR) is 107 cm³/mol. The van der Waals surface area contributed by atoms with Gasteiger partial charge < -0.3 is 9.64 Å². The average Bonchev–Trinajstić information content (AvgIpc) is 3.35. The van der Waals surface area contributed by atoms with Crippen molar-refractivity contribution in [2.24, 2.45) is 0 Å². The smallest absolute Gasteiger partial charge is 0.348 e. The Morgan fingerprint density at radius 1 is 1.07 bits per heavy atom. The van der Waals surface area contributed by atoms with Crippen LogP contribution < -0.4 is 0 Å². The van der Waals surface area contributed by atoms with Crippen molar-refractivity contribution in [3.8, 4) is 0 Å². The highest BCUT2D eigenvalue weighted by molar-refractivity contribution is 7.91. The van der Waals surface area contributed by atoms with E-state index in [0.717, 1.165) is 51.4 Å². The van der Waals surface area contributed by atoms with Gasteiger partial charge in [-0.05, 0) is 50.2 Å². The van der Waals surface area contributed by atoms with Gasteiger partial charge in [0.2, 0.25) is 0 Å². The monoisotopic (exact) mass is 425 g/mol. The Bertz CT molecular complexity index is 832. The summed E-state index contributed by atoms with van der Waals surface area (Å²) in [5.74, 6) is -0.544. The molecule has 0 N–H and O–H groups in total. The van der Waals surface area contributed by atoms with Crippen LogP contribution in [0.3, 0.4) is 0 Å². The Kier molecular flexibility index (Phi) is 5.78. The van der Waals surface area contributed by atoms with Gasteiger partial charge in [-0.15, -0.1) is 11.3 Å². The minimum Gasteiger partial charge on any atom is -0.451 e. The van der Waals surface area contributed by atoms with Crippen LogP contribution in [0.25, 0.3) is 0 Å². The lowest BCUT2D eigenvalue weighted by Crippen LogP contribution is -2.50. The summed E-state index contributed by atoms with van der Waals surface area (Å²) in [7, 11) is -3.09. The Morgan fingerprint density at radius 3 is 2.54 bits per heavy atom. The van der Waals surface area contributed by atoms with Gasteiger partial charge >= 0.3 is 5.97 Å². The zero-order chi connectivity index (χ0) is 19.7. The van der Waals surface area contributed by atoms with Gasteiger partial charge in [0.05, 0.1) is 11.5 Å². The molecule has 4 rings (SSSR count). The van der Waals surface area contributed by atoms with E-state index < -0.39 is 15.8 Å². The number of sulfone groups is 1. The number of carbonyl (C=O) groups excluding carboxylic acids is 2. The molecule has 2 aliphatic carbocycles. The summed E-state index contributed by atoms with van der Waals surface area (Å²) < 4.78 is 29.2. The molecular weight excluding hydrogens is 398 g/mol. The molecule has 0 unspecified atom stereocenters.